The first kappa shape index (κ1) is 22.1. The molecule has 3 aromatic rings. The number of nitrogens with one attached hydrogen (secondary N) is 1. The fraction of sp³-hybridized carbons (Fsp3) is 0.167. The summed E-state index contributed by atoms with van der Waals surface area (Å²) < 4.78 is 10.4. The largest absolute Gasteiger partial charge is 0.497 e. The Balaban J connectivity index is 1.91. The molecule has 0 aliphatic carbocycles. The van der Waals surface area contributed by atoms with Crippen LogP contribution in [0.5, 0.6) is 11.5 Å². The van der Waals surface area contributed by atoms with E-state index in [-0.39, 0.29) is 21.3 Å². The molecule has 3 aromatic carbocycles. The average Bonchev–Trinajstić information content (AvgIpc) is 3.05. The van der Waals surface area contributed by atoms with E-state index < -0.39 is 23.2 Å². The van der Waals surface area contributed by atoms with E-state index in [0.717, 1.165) is 0 Å². The Kier molecular flexibility index (Phi) is 5.86. The summed E-state index contributed by atoms with van der Waals surface area (Å²) in [6.07, 6.45) is 0. The van der Waals surface area contributed by atoms with Crippen molar-refractivity contribution in [3.05, 3.63) is 87.4 Å². The first-order chi connectivity index (χ1) is 15.3. The number of halogens is 2. The number of amides is 1. The third kappa shape index (κ3) is 3.60. The zero-order chi connectivity index (χ0) is 23.0. The number of ketones is 1. The molecule has 1 aliphatic rings. The van der Waals surface area contributed by atoms with E-state index in [9.17, 15) is 14.7 Å². The summed E-state index contributed by atoms with van der Waals surface area (Å²) in [6.45, 7) is 0. The van der Waals surface area contributed by atoms with Gasteiger partial charge in [-0.15, -0.1) is 0 Å². The number of fused-ring (bicyclic) bond motifs is 1. The number of benzene rings is 3. The number of rotatable bonds is 6. The van der Waals surface area contributed by atoms with Crippen molar-refractivity contribution in [3.8, 4) is 11.5 Å². The molecule has 0 fully saturated rings. The molecule has 0 radical (unpaired) electrons. The second-order valence-electron chi connectivity index (χ2n) is 7.33. The summed E-state index contributed by atoms with van der Waals surface area (Å²) >= 11 is 12.4. The van der Waals surface area contributed by atoms with Crippen molar-refractivity contribution in [1.29, 1.82) is 0 Å². The molecular formula is C24H19Cl2NO5. The number of hydrogen-bond acceptors (Lipinski definition) is 5. The molecule has 4 rings (SSSR count). The number of methoxy groups -OCH3 is 2. The van der Waals surface area contributed by atoms with E-state index in [0.29, 0.717) is 22.6 Å². The molecule has 0 spiro atoms. The van der Waals surface area contributed by atoms with Gasteiger partial charge < -0.3 is 19.9 Å². The van der Waals surface area contributed by atoms with Gasteiger partial charge in [0.2, 0.25) is 0 Å². The molecule has 0 unspecified atom stereocenters. The van der Waals surface area contributed by atoms with E-state index >= 15 is 0 Å². The Morgan fingerprint density at radius 3 is 2.09 bits per heavy atom. The molecule has 164 valence electrons. The Morgan fingerprint density at radius 1 is 0.969 bits per heavy atom. The van der Waals surface area contributed by atoms with E-state index in [1.54, 1.807) is 48.5 Å². The maximum absolute atomic E-state index is 13.7. The highest BCUT2D eigenvalue weighted by Gasteiger charge is 2.55. The summed E-state index contributed by atoms with van der Waals surface area (Å²) in [5.41, 5.74) is -1.15. The number of anilines is 1. The molecule has 32 heavy (non-hydrogen) atoms. The molecule has 8 heteroatoms. The van der Waals surface area contributed by atoms with Crippen LogP contribution in [0.2, 0.25) is 10.0 Å². The molecule has 1 aliphatic heterocycles. The van der Waals surface area contributed by atoms with Crippen molar-refractivity contribution in [3.63, 3.8) is 0 Å². The van der Waals surface area contributed by atoms with Gasteiger partial charge in [0.15, 0.2) is 11.4 Å². The first-order valence-corrected chi connectivity index (χ1v) is 10.4. The number of aliphatic hydroxyl groups is 1. The third-order valence-corrected chi connectivity index (χ3v) is 6.07. The van der Waals surface area contributed by atoms with Gasteiger partial charge in [-0.2, -0.15) is 0 Å². The van der Waals surface area contributed by atoms with E-state index in [2.05, 4.69) is 5.32 Å². The molecule has 2 atom stereocenters. The quantitative estimate of drug-likeness (QED) is 0.503. The van der Waals surface area contributed by atoms with Gasteiger partial charge in [-0.25, -0.2) is 0 Å². The fourth-order valence-corrected chi connectivity index (χ4v) is 4.46. The van der Waals surface area contributed by atoms with Gasteiger partial charge >= 0.3 is 0 Å². The van der Waals surface area contributed by atoms with Crippen LogP contribution < -0.4 is 14.8 Å². The molecule has 0 aromatic heterocycles. The number of carbonyl (C=O) groups is 2. The maximum atomic E-state index is 13.7. The van der Waals surface area contributed by atoms with Gasteiger partial charge in [-0.05, 0) is 54.1 Å². The lowest BCUT2D eigenvalue weighted by atomic mass is 9.74. The van der Waals surface area contributed by atoms with Gasteiger partial charge in [0, 0.05) is 16.1 Å². The molecule has 1 heterocycles. The molecule has 0 saturated carbocycles. The number of Topliss-reactive ketones (excluding diaryl/α,β-unsaturated/α-hetero) is 1. The SMILES string of the molecule is COc1ccc(C(=O)[C@@H](c2ccc(OC)cc2)[C@]2(O)C(=O)Nc3c(Cl)cc(Cl)cc32)cc1. The standard InChI is InChI=1S/C24H19Cl2NO5/c1-31-16-7-3-13(4-8-16)20(22(28)14-5-9-17(32-2)10-6-14)24(30)18-11-15(25)12-19(26)21(18)27-23(24)29/h3-12,20,30H,1-2H3,(H,27,29)/t20-,24+/m1/s1. The van der Waals surface area contributed by atoms with Crippen molar-refractivity contribution >= 4 is 40.6 Å². The van der Waals surface area contributed by atoms with Crippen LogP contribution in [0.1, 0.15) is 27.4 Å². The van der Waals surface area contributed by atoms with Crippen LogP contribution in [0.15, 0.2) is 60.7 Å². The van der Waals surface area contributed by atoms with Crippen LogP contribution in [0.25, 0.3) is 0 Å². The summed E-state index contributed by atoms with van der Waals surface area (Å²) in [7, 11) is 3.04. The lowest BCUT2D eigenvalue weighted by Gasteiger charge is -2.31. The molecule has 0 bridgehead atoms. The number of hydrogen-bond donors (Lipinski definition) is 2. The monoisotopic (exact) mass is 471 g/mol. The third-order valence-electron chi connectivity index (χ3n) is 5.55. The Labute approximate surface area is 194 Å². The fourth-order valence-electron chi connectivity index (χ4n) is 3.92. The minimum absolute atomic E-state index is 0.141. The Morgan fingerprint density at radius 2 is 1.53 bits per heavy atom. The van der Waals surface area contributed by atoms with Crippen LogP contribution in [-0.2, 0) is 10.4 Å². The van der Waals surface area contributed by atoms with Gasteiger partial charge in [0.1, 0.15) is 11.5 Å². The normalized spacial score (nSPS) is 18.0. The van der Waals surface area contributed by atoms with Crippen molar-refractivity contribution in [2.24, 2.45) is 0 Å². The smallest absolute Gasteiger partial charge is 0.262 e. The second kappa shape index (κ2) is 8.47. The van der Waals surface area contributed by atoms with Gasteiger partial charge in [0.25, 0.3) is 5.91 Å². The molecule has 1 amide bonds. The van der Waals surface area contributed by atoms with E-state index in [1.165, 1.54) is 26.4 Å². The summed E-state index contributed by atoms with van der Waals surface area (Å²) in [6, 6.07) is 15.9. The predicted octanol–water partition coefficient (Wildman–Crippen LogP) is 4.82. The van der Waals surface area contributed by atoms with Gasteiger partial charge in [0.05, 0.1) is 30.8 Å². The van der Waals surface area contributed by atoms with Gasteiger partial charge in [-0.3, -0.25) is 9.59 Å². The molecule has 2 N–H and O–H groups in total. The van der Waals surface area contributed by atoms with Crippen LogP contribution in [0, 0.1) is 0 Å². The van der Waals surface area contributed by atoms with Crippen molar-refractivity contribution in [2.45, 2.75) is 11.5 Å². The summed E-state index contributed by atoms with van der Waals surface area (Å²) in [5.74, 6) is -1.36. The summed E-state index contributed by atoms with van der Waals surface area (Å²) in [5, 5.41) is 14.8. The minimum Gasteiger partial charge on any atom is -0.497 e. The van der Waals surface area contributed by atoms with Crippen molar-refractivity contribution in [1.82, 2.24) is 0 Å². The highest BCUT2D eigenvalue weighted by Crippen LogP contribution is 2.50. The van der Waals surface area contributed by atoms with Crippen LogP contribution in [-0.4, -0.2) is 31.0 Å². The first-order valence-electron chi connectivity index (χ1n) is 9.65. The van der Waals surface area contributed by atoms with E-state index in [4.69, 9.17) is 32.7 Å². The predicted molar refractivity (Wildman–Crippen MR) is 122 cm³/mol. The van der Waals surface area contributed by atoms with E-state index in [1.807, 2.05) is 0 Å². The van der Waals surface area contributed by atoms with Crippen LogP contribution in [0.3, 0.4) is 0 Å². The lowest BCUT2D eigenvalue weighted by molar-refractivity contribution is -0.135. The zero-order valence-corrected chi connectivity index (χ0v) is 18.7. The number of carbonyl (C=O) groups excluding carboxylic acids is 2. The van der Waals surface area contributed by atoms with Crippen LogP contribution in [0.4, 0.5) is 5.69 Å². The average molecular weight is 472 g/mol. The highest BCUT2D eigenvalue weighted by atomic mass is 35.5. The lowest BCUT2D eigenvalue weighted by Crippen LogP contribution is -2.44. The molecular weight excluding hydrogens is 453 g/mol. The van der Waals surface area contributed by atoms with Crippen molar-refractivity contribution in [2.75, 3.05) is 19.5 Å². The topological polar surface area (TPSA) is 84.9 Å². The minimum atomic E-state index is -2.24. The highest BCUT2D eigenvalue weighted by molar-refractivity contribution is 6.38. The Hall–Kier alpha value is -3.06. The Bertz CT molecular complexity index is 1190. The van der Waals surface area contributed by atoms with Crippen molar-refractivity contribution < 1.29 is 24.2 Å². The molecule has 0 saturated heterocycles. The molecule has 6 nitrogen and oxygen atoms in total. The van der Waals surface area contributed by atoms with Gasteiger partial charge in [-0.1, -0.05) is 35.3 Å². The zero-order valence-electron chi connectivity index (χ0n) is 17.2. The number of ether oxygens (including phenoxy) is 2. The summed E-state index contributed by atoms with van der Waals surface area (Å²) in [4.78, 5) is 26.9. The van der Waals surface area contributed by atoms with Crippen LogP contribution >= 0.6 is 23.2 Å². The maximum Gasteiger partial charge on any atom is 0.262 e. The second-order valence-corrected chi connectivity index (χ2v) is 8.17.